The van der Waals surface area contributed by atoms with Crippen LogP contribution in [-0.2, 0) is 23.2 Å². The van der Waals surface area contributed by atoms with Crippen LogP contribution in [0.2, 0.25) is 0 Å². The molecular weight excluding hydrogens is 298 g/mol. The lowest BCUT2D eigenvalue weighted by molar-refractivity contribution is 0.276. The van der Waals surface area contributed by atoms with Crippen LogP contribution in [0.25, 0.3) is 0 Å². The number of aryl methyl sites for hydroxylation is 3. The second kappa shape index (κ2) is 5.69. The van der Waals surface area contributed by atoms with Crippen LogP contribution >= 0.6 is 11.3 Å². The van der Waals surface area contributed by atoms with Crippen molar-refractivity contribution in [2.75, 3.05) is 0 Å². The quantitative estimate of drug-likeness (QED) is 0.887. The van der Waals surface area contributed by atoms with E-state index in [2.05, 4.69) is 4.72 Å². The van der Waals surface area contributed by atoms with Crippen LogP contribution in [0.5, 0.6) is 0 Å². The summed E-state index contributed by atoms with van der Waals surface area (Å²) >= 11 is 1.54. The fourth-order valence-electron chi connectivity index (χ4n) is 2.06. The highest BCUT2D eigenvalue weighted by Gasteiger charge is 2.26. The highest BCUT2D eigenvalue weighted by molar-refractivity contribution is 7.89. The fourth-order valence-corrected chi connectivity index (χ4v) is 4.43. The van der Waals surface area contributed by atoms with Gasteiger partial charge >= 0.3 is 0 Å². The van der Waals surface area contributed by atoms with E-state index in [0.717, 1.165) is 9.75 Å². The van der Waals surface area contributed by atoms with Crippen LogP contribution in [0.4, 0.5) is 0 Å². The first-order valence-electron chi connectivity index (χ1n) is 6.10. The fraction of sp³-hybridized carbons (Fsp3) is 0.385. The average Bonchev–Trinajstić information content (AvgIpc) is 2.90. The van der Waals surface area contributed by atoms with Crippen molar-refractivity contribution >= 4 is 21.4 Å². The van der Waals surface area contributed by atoms with Gasteiger partial charge in [0.05, 0.1) is 6.61 Å². The molecule has 0 spiro atoms. The maximum Gasteiger partial charge on any atom is 0.244 e. The number of hydrogen-bond acceptors (Lipinski definition) is 5. The topological polar surface area (TPSA) is 79.5 Å². The molecule has 0 aliphatic heterocycles. The van der Waals surface area contributed by atoms with E-state index in [4.69, 9.17) is 4.42 Å². The molecule has 0 radical (unpaired) electrons. The summed E-state index contributed by atoms with van der Waals surface area (Å²) in [6.45, 7) is 5.05. The predicted octanol–water partition coefficient (Wildman–Crippen LogP) is 2.24. The number of thiophene rings is 1. The normalized spacial score (nSPS) is 12.0. The second-order valence-corrected chi connectivity index (χ2v) is 7.59. The highest BCUT2D eigenvalue weighted by Crippen LogP contribution is 2.26. The third kappa shape index (κ3) is 2.95. The van der Waals surface area contributed by atoms with Crippen molar-refractivity contribution in [3.8, 4) is 0 Å². The van der Waals surface area contributed by atoms with Gasteiger partial charge in [0.1, 0.15) is 16.4 Å². The lowest BCUT2D eigenvalue weighted by Gasteiger charge is -2.06. The van der Waals surface area contributed by atoms with Crippen molar-refractivity contribution in [3.05, 3.63) is 39.0 Å². The summed E-state index contributed by atoms with van der Waals surface area (Å²) in [7, 11) is -3.70. The average molecular weight is 315 g/mol. The summed E-state index contributed by atoms with van der Waals surface area (Å²) < 4.78 is 32.5. The summed E-state index contributed by atoms with van der Waals surface area (Å²) in [6, 6.07) is 3.84. The van der Waals surface area contributed by atoms with Gasteiger partial charge in [-0.25, -0.2) is 13.1 Å². The molecule has 0 aromatic carbocycles. The third-order valence-electron chi connectivity index (χ3n) is 2.98. The lowest BCUT2D eigenvalue weighted by atomic mass is 10.2. The molecule has 5 nitrogen and oxygen atoms in total. The van der Waals surface area contributed by atoms with Crippen molar-refractivity contribution in [1.82, 2.24) is 4.72 Å². The summed E-state index contributed by atoms with van der Waals surface area (Å²) in [5.74, 6) is 0.721. The molecule has 110 valence electrons. The van der Waals surface area contributed by atoms with Crippen molar-refractivity contribution in [3.63, 3.8) is 0 Å². The van der Waals surface area contributed by atoms with Gasteiger partial charge in [-0.1, -0.05) is 0 Å². The van der Waals surface area contributed by atoms with E-state index in [1.807, 2.05) is 19.1 Å². The van der Waals surface area contributed by atoms with E-state index in [-0.39, 0.29) is 18.0 Å². The van der Waals surface area contributed by atoms with Crippen LogP contribution in [0.15, 0.2) is 21.4 Å². The molecule has 0 fully saturated rings. The Morgan fingerprint density at radius 3 is 2.50 bits per heavy atom. The minimum atomic E-state index is -3.70. The van der Waals surface area contributed by atoms with E-state index in [9.17, 15) is 13.5 Å². The molecule has 2 N–H and O–H groups in total. The van der Waals surface area contributed by atoms with Gasteiger partial charge in [-0.2, -0.15) is 0 Å². The van der Waals surface area contributed by atoms with Gasteiger partial charge in [0.2, 0.25) is 10.0 Å². The van der Waals surface area contributed by atoms with Crippen LogP contribution in [0.1, 0.15) is 26.8 Å². The van der Waals surface area contributed by atoms with Gasteiger partial charge in [-0.15, -0.1) is 11.3 Å². The Kier molecular flexibility index (Phi) is 4.33. The van der Waals surface area contributed by atoms with Gasteiger partial charge in [-0.05, 0) is 32.9 Å². The Balaban J connectivity index is 2.27. The van der Waals surface area contributed by atoms with Gasteiger partial charge < -0.3 is 9.52 Å². The Labute approximate surface area is 122 Å². The van der Waals surface area contributed by atoms with Crippen molar-refractivity contribution in [1.29, 1.82) is 0 Å². The van der Waals surface area contributed by atoms with Gasteiger partial charge in [0.25, 0.3) is 0 Å². The van der Waals surface area contributed by atoms with Crippen molar-refractivity contribution in [2.45, 2.75) is 38.8 Å². The van der Waals surface area contributed by atoms with Crippen LogP contribution in [0.3, 0.4) is 0 Å². The SMILES string of the molecule is Cc1ccc(CNS(=O)(=O)c2c(C)oc(C)c2CO)s1. The zero-order valence-corrected chi connectivity index (χ0v) is 13.2. The first-order valence-corrected chi connectivity index (χ1v) is 8.40. The molecule has 2 aromatic rings. The zero-order chi connectivity index (χ0) is 14.9. The first-order chi connectivity index (χ1) is 9.35. The molecule has 2 aromatic heterocycles. The summed E-state index contributed by atoms with van der Waals surface area (Å²) in [6.07, 6.45) is 0. The minimum Gasteiger partial charge on any atom is -0.465 e. The molecule has 0 saturated carbocycles. The number of sulfonamides is 1. The number of aliphatic hydroxyl groups excluding tert-OH is 1. The Morgan fingerprint density at radius 1 is 1.25 bits per heavy atom. The predicted molar refractivity (Wildman–Crippen MR) is 77.2 cm³/mol. The molecule has 2 rings (SSSR count). The number of nitrogens with one attached hydrogen (secondary N) is 1. The van der Waals surface area contributed by atoms with Gasteiger partial charge in [0.15, 0.2) is 0 Å². The van der Waals surface area contributed by atoms with Gasteiger partial charge in [0, 0.05) is 21.9 Å². The summed E-state index contributed by atoms with van der Waals surface area (Å²) in [4.78, 5) is 2.12. The summed E-state index contributed by atoms with van der Waals surface area (Å²) in [5, 5.41) is 9.31. The van der Waals surface area contributed by atoms with E-state index in [1.54, 1.807) is 25.2 Å². The minimum absolute atomic E-state index is 0.0470. The van der Waals surface area contributed by atoms with Crippen molar-refractivity contribution in [2.24, 2.45) is 0 Å². The van der Waals surface area contributed by atoms with Crippen LogP contribution in [0, 0.1) is 20.8 Å². The van der Waals surface area contributed by atoms with Crippen LogP contribution < -0.4 is 4.72 Å². The Bertz CT molecular complexity index is 713. The van der Waals surface area contributed by atoms with E-state index in [0.29, 0.717) is 17.1 Å². The number of furan rings is 1. The number of aliphatic hydroxyl groups is 1. The molecule has 0 saturated heterocycles. The molecule has 0 aliphatic carbocycles. The Hall–Kier alpha value is -1.15. The largest absolute Gasteiger partial charge is 0.465 e. The molecule has 0 amide bonds. The smallest absolute Gasteiger partial charge is 0.244 e. The molecule has 2 heterocycles. The van der Waals surface area contributed by atoms with Crippen molar-refractivity contribution < 1.29 is 17.9 Å². The lowest BCUT2D eigenvalue weighted by Crippen LogP contribution is -2.24. The van der Waals surface area contributed by atoms with E-state index < -0.39 is 10.0 Å². The molecular formula is C13H17NO4S2. The summed E-state index contributed by atoms with van der Waals surface area (Å²) in [5.41, 5.74) is 0.317. The number of rotatable bonds is 5. The monoisotopic (exact) mass is 315 g/mol. The molecule has 0 atom stereocenters. The van der Waals surface area contributed by atoms with E-state index in [1.165, 1.54) is 0 Å². The standard InChI is InChI=1S/C13H17NO4S2/c1-8-4-5-11(19-8)6-14-20(16,17)13-10(3)18-9(2)12(13)7-15/h4-5,14-15H,6-7H2,1-3H3. The maximum absolute atomic E-state index is 12.3. The molecule has 0 bridgehead atoms. The molecule has 20 heavy (non-hydrogen) atoms. The highest BCUT2D eigenvalue weighted by atomic mass is 32.2. The van der Waals surface area contributed by atoms with Gasteiger partial charge in [-0.3, -0.25) is 0 Å². The second-order valence-electron chi connectivity index (χ2n) is 4.52. The van der Waals surface area contributed by atoms with E-state index >= 15 is 0 Å². The Morgan fingerprint density at radius 2 is 1.95 bits per heavy atom. The zero-order valence-electron chi connectivity index (χ0n) is 11.6. The molecule has 0 aliphatic rings. The molecule has 7 heteroatoms. The first kappa shape index (κ1) is 15.2. The number of hydrogen-bond donors (Lipinski definition) is 2. The third-order valence-corrected chi connectivity index (χ3v) is 5.58. The van der Waals surface area contributed by atoms with Crippen LogP contribution in [-0.4, -0.2) is 13.5 Å². The maximum atomic E-state index is 12.3. The molecule has 0 unspecified atom stereocenters.